The molecule has 1 aromatic carbocycles. The second kappa shape index (κ2) is 5.99. The molecule has 1 fully saturated rings. The van der Waals surface area contributed by atoms with Gasteiger partial charge in [-0.05, 0) is 24.5 Å². The molecule has 17 heavy (non-hydrogen) atoms. The van der Waals surface area contributed by atoms with E-state index in [4.69, 9.17) is 0 Å². The number of rotatable bonds is 4. The van der Waals surface area contributed by atoms with Gasteiger partial charge in [0, 0.05) is 6.54 Å². The standard InChI is InChI=1S/C14H19F2N/c15-12-7-4-8-13(16)14(12)17-10-9-11-5-2-1-3-6-11/h4,7-8,11,17H,1-3,5-6,9-10H2. The Morgan fingerprint density at radius 2 is 1.71 bits per heavy atom. The summed E-state index contributed by atoms with van der Waals surface area (Å²) < 4.78 is 26.6. The lowest BCUT2D eigenvalue weighted by Gasteiger charge is -2.21. The fraction of sp³-hybridized carbons (Fsp3) is 0.571. The van der Waals surface area contributed by atoms with Crippen molar-refractivity contribution in [3.05, 3.63) is 29.8 Å². The fourth-order valence-electron chi connectivity index (χ4n) is 2.54. The van der Waals surface area contributed by atoms with Gasteiger partial charge in [-0.1, -0.05) is 38.2 Å². The van der Waals surface area contributed by atoms with E-state index in [1.54, 1.807) is 0 Å². The van der Waals surface area contributed by atoms with Crippen LogP contribution in [0, 0.1) is 17.6 Å². The average molecular weight is 239 g/mol. The highest BCUT2D eigenvalue weighted by Gasteiger charge is 2.13. The molecule has 0 spiro atoms. The molecule has 0 atom stereocenters. The van der Waals surface area contributed by atoms with Crippen molar-refractivity contribution in [3.8, 4) is 0 Å². The van der Waals surface area contributed by atoms with Crippen molar-refractivity contribution in [2.75, 3.05) is 11.9 Å². The third kappa shape index (κ3) is 3.42. The maximum Gasteiger partial charge on any atom is 0.149 e. The molecule has 0 saturated heterocycles. The first-order valence-corrected chi connectivity index (χ1v) is 6.45. The third-order valence-corrected chi connectivity index (χ3v) is 3.54. The zero-order valence-corrected chi connectivity index (χ0v) is 10.0. The van der Waals surface area contributed by atoms with Gasteiger partial charge in [0.15, 0.2) is 0 Å². The van der Waals surface area contributed by atoms with Crippen molar-refractivity contribution in [2.45, 2.75) is 38.5 Å². The summed E-state index contributed by atoms with van der Waals surface area (Å²) in [6.45, 7) is 0.655. The zero-order chi connectivity index (χ0) is 12.1. The van der Waals surface area contributed by atoms with Crippen LogP contribution in [0.2, 0.25) is 0 Å². The van der Waals surface area contributed by atoms with Gasteiger partial charge in [-0.2, -0.15) is 0 Å². The first-order valence-electron chi connectivity index (χ1n) is 6.45. The van der Waals surface area contributed by atoms with Crippen LogP contribution in [-0.2, 0) is 0 Å². The molecule has 94 valence electrons. The molecule has 1 N–H and O–H groups in total. The molecule has 1 aliphatic carbocycles. The van der Waals surface area contributed by atoms with Crippen molar-refractivity contribution in [2.24, 2.45) is 5.92 Å². The summed E-state index contributed by atoms with van der Waals surface area (Å²) in [6, 6.07) is 3.95. The van der Waals surface area contributed by atoms with Gasteiger partial charge in [0.2, 0.25) is 0 Å². The smallest absolute Gasteiger partial charge is 0.149 e. The minimum absolute atomic E-state index is 0.0170. The summed E-state index contributed by atoms with van der Waals surface area (Å²) in [4.78, 5) is 0. The molecule has 3 heteroatoms. The number of nitrogens with one attached hydrogen (secondary N) is 1. The molecule has 1 nitrogen and oxygen atoms in total. The lowest BCUT2D eigenvalue weighted by atomic mass is 9.87. The Morgan fingerprint density at radius 1 is 1.06 bits per heavy atom. The van der Waals surface area contributed by atoms with E-state index in [1.165, 1.54) is 50.3 Å². The lowest BCUT2D eigenvalue weighted by molar-refractivity contribution is 0.345. The van der Waals surface area contributed by atoms with Crippen LogP contribution in [0.3, 0.4) is 0 Å². The van der Waals surface area contributed by atoms with Gasteiger partial charge < -0.3 is 5.32 Å². The van der Waals surface area contributed by atoms with E-state index < -0.39 is 11.6 Å². The van der Waals surface area contributed by atoms with Gasteiger partial charge in [0.05, 0.1) is 0 Å². The van der Waals surface area contributed by atoms with Crippen LogP contribution in [0.25, 0.3) is 0 Å². The molecule has 1 saturated carbocycles. The Kier molecular flexibility index (Phi) is 4.35. The monoisotopic (exact) mass is 239 g/mol. The number of anilines is 1. The Morgan fingerprint density at radius 3 is 2.35 bits per heavy atom. The largest absolute Gasteiger partial charge is 0.380 e. The van der Waals surface area contributed by atoms with E-state index in [9.17, 15) is 8.78 Å². The van der Waals surface area contributed by atoms with Gasteiger partial charge in [0.25, 0.3) is 0 Å². The summed E-state index contributed by atoms with van der Waals surface area (Å²) in [5.41, 5.74) is 0.0170. The molecule has 2 rings (SSSR count). The lowest BCUT2D eigenvalue weighted by Crippen LogP contribution is -2.13. The Hall–Kier alpha value is -1.12. The van der Waals surface area contributed by atoms with Gasteiger partial charge in [-0.25, -0.2) is 8.78 Å². The Labute approximate surface area is 101 Å². The van der Waals surface area contributed by atoms with Gasteiger partial charge in [-0.15, -0.1) is 0 Å². The average Bonchev–Trinajstić information content (AvgIpc) is 2.34. The maximum atomic E-state index is 13.3. The van der Waals surface area contributed by atoms with Crippen LogP contribution in [0.1, 0.15) is 38.5 Å². The molecule has 1 aromatic rings. The van der Waals surface area contributed by atoms with Crippen LogP contribution in [0.4, 0.5) is 14.5 Å². The predicted octanol–water partition coefficient (Wildman–Crippen LogP) is 4.35. The van der Waals surface area contributed by atoms with Crippen LogP contribution < -0.4 is 5.32 Å². The minimum Gasteiger partial charge on any atom is -0.380 e. The molecule has 0 aliphatic heterocycles. The highest BCUT2D eigenvalue weighted by Crippen LogP contribution is 2.26. The van der Waals surface area contributed by atoms with Crippen molar-refractivity contribution >= 4 is 5.69 Å². The molecular weight excluding hydrogens is 220 g/mol. The van der Waals surface area contributed by atoms with Crippen molar-refractivity contribution < 1.29 is 8.78 Å². The minimum atomic E-state index is -0.506. The maximum absolute atomic E-state index is 13.3. The van der Waals surface area contributed by atoms with E-state index in [2.05, 4.69) is 5.32 Å². The number of halogens is 2. The van der Waals surface area contributed by atoms with E-state index in [-0.39, 0.29) is 5.69 Å². The van der Waals surface area contributed by atoms with E-state index >= 15 is 0 Å². The Balaban J connectivity index is 1.81. The SMILES string of the molecule is Fc1cccc(F)c1NCCC1CCCCC1. The van der Waals surface area contributed by atoms with E-state index in [0.717, 1.165) is 12.3 Å². The number of benzene rings is 1. The Bertz CT molecular complexity index is 339. The number of para-hydroxylation sites is 1. The molecule has 0 heterocycles. The first-order chi connectivity index (χ1) is 8.27. The van der Waals surface area contributed by atoms with Crippen LogP contribution >= 0.6 is 0 Å². The molecular formula is C14H19F2N. The number of hydrogen-bond acceptors (Lipinski definition) is 1. The summed E-state index contributed by atoms with van der Waals surface area (Å²) in [5.74, 6) is -0.284. The van der Waals surface area contributed by atoms with Crippen LogP contribution in [0.15, 0.2) is 18.2 Å². The molecule has 0 bridgehead atoms. The van der Waals surface area contributed by atoms with Crippen molar-refractivity contribution in [3.63, 3.8) is 0 Å². The zero-order valence-electron chi connectivity index (χ0n) is 10.0. The molecule has 0 unspecified atom stereocenters. The van der Waals surface area contributed by atoms with E-state index in [1.807, 2.05) is 0 Å². The molecule has 0 aromatic heterocycles. The normalized spacial score (nSPS) is 17.1. The summed E-state index contributed by atoms with van der Waals surface area (Å²) in [5, 5.41) is 2.88. The number of hydrogen-bond donors (Lipinski definition) is 1. The van der Waals surface area contributed by atoms with E-state index in [0.29, 0.717) is 6.54 Å². The second-order valence-corrected chi connectivity index (χ2v) is 4.82. The van der Waals surface area contributed by atoms with Crippen LogP contribution in [-0.4, -0.2) is 6.54 Å². The molecule has 0 radical (unpaired) electrons. The van der Waals surface area contributed by atoms with Gasteiger partial charge in [-0.3, -0.25) is 0 Å². The van der Waals surface area contributed by atoms with Crippen molar-refractivity contribution in [1.29, 1.82) is 0 Å². The third-order valence-electron chi connectivity index (χ3n) is 3.54. The molecule has 0 amide bonds. The topological polar surface area (TPSA) is 12.0 Å². The van der Waals surface area contributed by atoms with Crippen LogP contribution in [0.5, 0.6) is 0 Å². The van der Waals surface area contributed by atoms with Gasteiger partial charge >= 0.3 is 0 Å². The second-order valence-electron chi connectivity index (χ2n) is 4.82. The quantitative estimate of drug-likeness (QED) is 0.823. The highest BCUT2D eigenvalue weighted by atomic mass is 19.1. The highest BCUT2D eigenvalue weighted by molar-refractivity contribution is 5.45. The molecule has 1 aliphatic rings. The predicted molar refractivity (Wildman–Crippen MR) is 66.0 cm³/mol. The van der Waals surface area contributed by atoms with Gasteiger partial charge in [0.1, 0.15) is 17.3 Å². The summed E-state index contributed by atoms with van der Waals surface area (Å²) in [7, 11) is 0. The van der Waals surface area contributed by atoms with Crippen molar-refractivity contribution in [1.82, 2.24) is 0 Å². The summed E-state index contributed by atoms with van der Waals surface area (Å²) in [6.07, 6.45) is 7.49. The summed E-state index contributed by atoms with van der Waals surface area (Å²) >= 11 is 0. The first kappa shape index (κ1) is 12.3. The fourth-order valence-corrected chi connectivity index (χ4v) is 2.54.